The van der Waals surface area contributed by atoms with Gasteiger partial charge in [-0.25, -0.2) is 13.2 Å². The maximum Gasteiger partial charge on any atom is 0.321 e. The fourth-order valence-corrected chi connectivity index (χ4v) is 3.21. The molecule has 104 valence electrons. The fraction of sp³-hybridized carbons (Fsp3) is 0.417. The number of carbonyl (C=O) groups is 1. The number of benzene rings is 1. The zero-order valence-corrected chi connectivity index (χ0v) is 12.0. The zero-order valence-electron chi connectivity index (χ0n) is 10.5. The predicted octanol–water partition coefficient (Wildman–Crippen LogP) is 1.99. The van der Waals surface area contributed by atoms with Gasteiger partial charge in [-0.1, -0.05) is 17.7 Å². The lowest BCUT2D eigenvalue weighted by Crippen LogP contribution is -2.34. The maximum atomic E-state index is 12.0. The summed E-state index contributed by atoms with van der Waals surface area (Å²) in [4.78, 5) is 13.5. The van der Waals surface area contributed by atoms with Crippen molar-refractivity contribution in [1.29, 1.82) is 0 Å². The van der Waals surface area contributed by atoms with Gasteiger partial charge >= 0.3 is 6.03 Å². The number of likely N-dealkylation sites (tertiary alicyclic amines) is 1. The Morgan fingerprint density at radius 1 is 1.47 bits per heavy atom. The predicted molar refractivity (Wildman–Crippen MR) is 75.3 cm³/mol. The van der Waals surface area contributed by atoms with Crippen molar-refractivity contribution in [2.45, 2.75) is 11.7 Å². The number of hydrogen-bond acceptors (Lipinski definition) is 3. The highest BCUT2D eigenvalue weighted by atomic mass is 35.5. The smallest absolute Gasteiger partial charge is 0.321 e. The van der Waals surface area contributed by atoms with Crippen LogP contribution in [0, 0.1) is 0 Å². The third-order valence-electron chi connectivity index (χ3n) is 3.11. The Morgan fingerprint density at radius 2 is 2.21 bits per heavy atom. The lowest BCUT2D eigenvalue weighted by Gasteiger charge is -2.17. The van der Waals surface area contributed by atoms with E-state index in [0.717, 1.165) is 0 Å². The van der Waals surface area contributed by atoms with Crippen molar-refractivity contribution in [3.05, 3.63) is 29.3 Å². The van der Waals surface area contributed by atoms with Crippen LogP contribution in [0.25, 0.3) is 0 Å². The third-order valence-corrected chi connectivity index (χ3v) is 4.94. The second-order valence-electron chi connectivity index (χ2n) is 4.63. The summed E-state index contributed by atoms with van der Waals surface area (Å²) in [5, 5.41) is 2.78. The summed E-state index contributed by atoms with van der Waals surface area (Å²) in [6.45, 7) is 0.690. The summed E-state index contributed by atoms with van der Waals surface area (Å²) >= 11 is 5.83. The van der Waals surface area contributed by atoms with Gasteiger partial charge in [0.2, 0.25) is 0 Å². The van der Waals surface area contributed by atoms with E-state index in [1.165, 1.54) is 11.2 Å². The maximum absolute atomic E-state index is 12.0. The molecule has 0 spiro atoms. The molecule has 0 saturated carbocycles. The molecule has 1 atom stereocenters. The van der Waals surface area contributed by atoms with Gasteiger partial charge < -0.3 is 10.2 Å². The number of halogens is 1. The number of anilines is 1. The van der Waals surface area contributed by atoms with E-state index < -0.39 is 15.1 Å². The average Bonchev–Trinajstić information content (AvgIpc) is 2.77. The molecule has 0 radical (unpaired) electrons. The SMILES string of the molecule is CS(=O)(=O)C1CCN(C(=O)Nc2cccc(Cl)c2)C1. The number of carbonyl (C=O) groups excluding carboxylic acids is 1. The lowest BCUT2D eigenvalue weighted by molar-refractivity contribution is 0.222. The molecule has 1 aliphatic rings. The minimum Gasteiger partial charge on any atom is -0.323 e. The molecule has 1 unspecified atom stereocenters. The topological polar surface area (TPSA) is 66.5 Å². The van der Waals surface area contributed by atoms with E-state index in [1.54, 1.807) is 24.3 Å². The Balaban J connectivity index is 1.99. The molecule has 0 aliphatic carbocycles. The van der Waals surface area contributed by atoms with Gasteiger partial charge in [0.1, 0.15) is 0 Å². The summed E-state index contributed by atoms with van der Waals surface area (Å²) in [6, 6.07) is 6.53. The minimum absolute atomic E-state index is 0.241. The van der Waals surface area contributed by atoms with Gasteiger partial charge in [-0.05, 0) is 24.6 Å². The highest BCUT2D eigenvalue weighted by molar-refractivity contribution is 7.91. The van der Waals surface area contributed by atoms with Gasteiger partial charge in [-0.2, -0.15) is 0 Å². The van der Waals surface area contributed by atoms with Gasteiger partial charge in [0, 0.05) is 30.1 Å². The number of sulfone groups is 1. The number of urea groups is 1. The number of nitrogens with one attached hydrogen (secondary N) is 1. The second-order valence-corrected chi connectivity index (χ2v) is 7.39. The van der Waals surface area contributed by atoms with E-state index in [0.29, 0.717) is 23.7 Å². The van der Waals surface area contributed by atoms with Gasteiger partial charge in [0.05, 0.1) is 5.25 Å². The van der Waals surface area contributed by atoms with Gasteiger partial charge in [-0.3, -0.25) is 0 Å². The highest BCUT2D eigenvalue weighted by Crippen LogP contribution is 2.19. The van der Waals surface area contributed by atoms with Crippen molar-refractivity contribution in [1.82, 2.24) is 4.90 Å². The third kappa shape index (κ3) is 3.61. The second kappa shape index (κ2) is 5.38. The molecule has 2 amide bonds. The Morgan fingerprint density at radius 3 is 2.79 bits per heavy atom. The summed E-state index contributed by atoms with van der Waals surface area (Å²) in [5.74, 6) is 0. The van der Waals surface area contributed by atoms with Crippen LogP contribution in [0.3, 0.4) is 0 Å². The number of amides is 2. The number of hydrogen-bond donors (Lipinski definition) is 1. The van der Waals surface area contributed by atoms with Crippen LogP contribution < -0.4 is 5.32 Å². The van der Waals surface area contributed by atoms with E-state index in [4.69, 9.17) is 11.6 Å². The fourth-order valence-electron chi connectivity index (χ4n) is 2.03. The first-order valence-electron chi connectivity index (χ1n) is 5.86. The molecule has 0 aromatic heterocycles. The van der Waals surface area contributed by atoms with E-state index in [2.05, 4.69) is 5.32 Å². The van der Waals surface area contributed by atoms with Crippen molar-refractivity contribution in [2.75, 3.05) is 24.7 Å². The van der Waals surface area contributed by atoms with Gasteiger partial charge in [0.25, 0.3) is 0 Å². The highest BCUT2D eigenvalue weighted by Gasteiger charge is 2.32. The molecule has 7 heteroatoms. The van der Waals surface area contributed by atoms with E-state index in [1.807, 2.05) is 0 Å². The first-order chi connectivity index (χ1) is 8.86. The molecule has 1 fully saturated rings. The lowest BCUT2D eigenvalue weighted by atomic mass is 10.3. The molecule has 1 saturated heterocycles. The van der Waals surface area contributed by atoms with Gasteiger partial charge in [0.15, 0.2) is 9.84 Å². The average molecular weight is 303 g/mol. The molecule has 0 bridgehead atoms. The molecule has 1 aromatic rings. The normalized spacial score (nSPS) is 19.5. The van der Waals surface area contributed by atoms with Crippen LogP contribution in [-0.4, -0.2) is 43.9 Å². The summed E-state index contributed by atoms with van der Waals surface area (Å²) in [6.07, 6.45) is 1.69. The molecule has 19 heavy (non-hydrogen) atoms. The largest absolute Gasteiger partial charge is 0.323 e. The molecule has 5 nitrogen and oxygen atoms in total. The van der Waals surface area contributed by atoms with Crippen molar-refractivity contribution in [3.8, 4) is 0 Å². The van der Waals surface area contributed by atoms with E-state index in [-0.39, 0.29) is 12.6 Å². The van der Waals surface area contributed by atoms with Crippen LogP contribution in [0.2, 0.25) is 5.02 Å². The van der Waals surface area contributed by atoms with E-state index >= 15 is 0 Å². The van der Waals surface area contributed by atoms with Crippen molar-refractivity contribution >= 4 is 33.2 Å². The summed E-state index contributed by atoms with van der Waals surface area (Å²) in [5.41, 5.74) is 0.598. The molecule has 1 aromatic carbocycles. The molecule has 1 N–H and O–H groups in total. The van der Waals surface area contributed by atoms with Crippen LogP contribution in [0.4, 0.5) is 10.5 Å². The standard InChI is InChI=1S/C12H15ClN2O3S/c1-19(17,18)11-5-6-15(8-11)12(16)14-10-4-2-3-9(13)7-10/h2-4,7,11H,5-6,8H2,1H3,(H,14,16). The Bertz CT molecular complexity index is 588. The van der Waals surface area contributed by atoms with Crippen molar-refractivity contribution in [3.63, 3.8) is 0 Å². The molecular weight excluding hydrogens is 288 g/mol. The molecule has 2 rings (SSSR count). The summed E-state index contributed by atoms with van der Waals surface area (Å²) < 4.78 is 22.9. The number of nitrogens with zero attached hydrogens (tertiary/aromatic N) is 1. The van der Waals surface area contributed by atoms with Crippen molar-refractivity contribution in [2.24, 2.45) is 0 Å². The Kier molecular flexibility index (Phi) is 4.01. The Labute approximate surface area is 117 Å². The van der Waals surface area contributed by atoms with Crippen molar-refractivity contribution < 1.29 is 13.2 Å². The number of rotatable bonds is 2. The summed E-state index contributed by atoms with van der Waals surface area (Å²) in [7, 11) is -3.09. The van der Waals surface area contributed by atoms with E-state index in [9.17, 15) is 13.2 Å². The molecular formula is C12H15ClN2O3S. The first-order valence-corrected chi connectivity index (χ1v) is 8.20. The molecule has 1 aliphatic heterocycles. The van der Waals surface area contributed by atoms with Crippen LogP contribution >= 0.6 is 11.6 Å². The van der Waals surface area contributed by atoms with Crippen LogP contribution in [-0.2, 0) is 9.84 Å². The molecule has 1 heterocycles. The monoisotopic (exact) mass is 302 g/mol. The van der Waals surface area contributed by atoms with Crippen LogP contribution in [0.5, 0.6) is 0 Å². The van der Waals surface area contributed by atoms with Crippen LogP contribution in [0.1, 0.15) is 6.42 Å². The van der Waals surface area contributed by atoms with Crippen LogP contribution in [0.15, 0.2) is 24.3 Å². The zero-order chi connectivity index (χ0) is 14.0. The first kappa shape index (κ1) is 14.1. The minimum atomic E-state index is -3.09. The van der Waals surface area contributed by atoms with Gasteiger partial charge in [-0.15, -0.1) is 0 Å². The quantitative estimate of drug-likeness (QED) is 0.908. The Hall–Kier alpha value is -1.27.